The van der Waals surface area contributed by atoms with Crippen LogP contribution >= 0.6 is 23.2 Å². The lowest BCUT2D eigenvalue weighted by molar-refractivity contribution is 0.211. The maximum Gasteiger partial charge on any atom is 0.258 e. The van der Waals surface area contributed by atoms with Gasteiger partial charge < -0.3 is 16.2 Å². The number of aromatic hydroxyl groups is 1. The van der Waals surface area contributed by atoms with Crippen molar-refractivity contribution >= 4 is 50.6 Å². The smallest absolute Gasteiger partial charge is 0.258 e. The number of nitriles is 1. The average molecular weight is 502 g/mol. The number of guanidine groups is 1. The second-order valence-corrected chi connectivity index (χ2v) is 8.94. The van der Waals surface area contributed by atoms with Crippen LogP contribution in [0.25, 0.3) is 0 Å². The number of hydrogen-bond donors (Lipinski definition) is 4. The fourth-order valence-electron chi connectivity index (χ4n) is 3.09. The zero-order valence-electron chi connectivity index (χ0n) is 16.4. The molecule has 2 aromatic rings. The van der Waals surface area contributed by atoms with E-state index >= 15 is 0 Å². The number of nitrogens with zero attached hydrogens (tertiary/aromatic N) is 4. The molecule has 3 rings (SSSR count). The summed E-state index contributed by atoms with van der Waals surface area (Å²) < 4.78 is 40.2. The first-order valence-electron chi connectivity index (χ1n) is 9.13. The number of phenols is 1. The summed E-state index contributed by atoms with van der Waals surface area (Å²) in [6.45, 7) is 1.92. The summed E-state index contributed by atoms with van der Waals surface area (Å²) in [5.74, 6) is -2.09. The molecular weight excluding hydrogens is 484 g/mol. The van der Waals surface area contributed by atoms with E-state index in [-0.39, 0.29) is 21.4 Å². The summed E-state index contributed by atoms with van der Waals surface area (Å²) in [5, 5.41) is 23.8. The molecule has 0 unspecified atom stereocenters. The third-order valence-electron chi connectivity index (χ3n) is 4.50. The zero-order chi connectivity index (χ0) is 23.5. The van der Waals surface area contributed by atoms with Crippen LogP contribution in [0.3, 0.4) is 0 Å². The number of sulfonamides is 1. The summed E-state index contributed by atoms with van der Waals surface area (Å²) in [6.07, 6.45) is 1.48. The van der Waals surface area contributed by atoms with Crippen LogP contribution in [0.15, 0.2) is 40.2 Å². The molecule has 170 valence electrons. The number of aliphatic imine (C=N–C) groups is 1. The first-order chi connectivity index (χ1) is 15.2. The van der Waals surface area contributed by atoms with Crippen molar-refractivity contribution in [2.45, 2.75) is 4.90 Å². The van der Waals surface area contributed by atoms with E-state index in [1.54, 1.807) is 0 Å². The molecule has 1 fully saturated rings. The number of piperazine rings is 1. The van der Waals surface area contributed by atoms with Crippen molar-refractivity contribution in [3.63, 3.8) is 0 Å². The summed E-state index contributed by atoms with van der Waals surface area (Å²) in [4.78, 5) is 6.12. The minimum absolute atomic E-state index is 0.0841. The van der Waals surface area contributed by atoms with Gasteiger partial charge in [0.05, 0.1) is 16.4 Å². The van der Waals surface area contributed by atoms with Crippen LogP contribution in [0, 0.1) is 17.3 Å². The number of nitrogens with one attached hydrogen (secondary N) is 2. The number of nitrogens with two attached hydrogens (primary N) is 1. The molecular formula is C18H18Cl2FN7O3S. The van der Waals surface area contributed by atoms with E-state index in [2.05, 4.69) is 15.1 Å². The molecule has 14 heteroatoms. The van der Waals surface area contributed by atoms with E-state index in [1.165, 1.54) is 35.5 Å². The van der Waals surface area contributed by atoms with Crippen LogP contribution in [-0.4, -0.2) is 50.7 Å². The topological polar surface area (TPSA) is 147 Å². The predicted molar refractivity (Wildman–Crippen MR) is 119 cm³/mol. The molecule has 0 radical (unpaired) electrons. The second kappa shape index (κ2) is 9.86. The minimum Gasteiger partial charge on any atom is -0.504 e. The Labute approximate surface area is 193 Å². The molecule has 0 amide bonds. The highest BCUT2D eigenvalue weighted by atomic mass is 35.5. The first kappa shape index (κ1) is 24.0. The quantitative estimate of drug-likeness (QED) is 0.275. The number of hydrogen-bond acceptors (Lipinski definition) is 7. The Kier molecular flexibility index (Phi) is 7.40. The highest BCUT2D eigenvalue weighted by Gasteiger charge is 2.31. The van der Waals surface area contributed by atoms with Crippen molar-refractivity contribution in [1.29, 1.82) is 5.26 Å². The Hall–Kier alpha value is -2.66. The molecule has 0 aliphatic carbocycles. The molecule has 1 aliphatic heterocycles. The van der Waals surface area contributed by atoms with E-state index < -0.39 is 32.4 Å². The Balaban J connectivity index is 2.16. The zero-order valence-corrected chi connectivity index (χ0v) is 18.7. The van der Waals surface area contributed by atoms with E-state index in [0.29, 0.717) is 26.2 Å². The molecule has 2 aromatic carbocycles. The van der Waals surface area contributed by atoms with Crippen molar-refractivity contribution in [3.8, 4) is 11.9 Å². The van der Waals surface area contributed by atoms with Crippen LogP contribution in [0.5, 0.6) is 5.75 Å². The molecule has 0 saturated carbocycles. The first-order valence-corrected chi connectivity index (χ1v) is 11.4. The Morgan fingerprint density at radius 3 is 2.62 bits per heavy atom. The van der Waals surface area contributed by atoms with Crippen LogP contribution in [-0.2, 0) is 10.0 Å². The SMILES string of the molecule is N#CN=C(N)N(c1ccc(Cl)c(S(=O)(=O)NN2CCNCC2)c1O)c1cccc(F)c1Cl. The number of benzene rings is 2. The van der Waals surface area contributed by atoms with Crippen LogP contribution in [0.1, 0.15) is 0 Å². The third kappa shape index (κ3) is 4.88. The fourth-order valence-corrected chi connectivity index (χ4v) is 5.05. The number of halogens is 3. The number of phenolic OH excluding ortho intramolecular Hbond substituents is 1. The number of rotatable bonds is 5. The average Bonchev–Trinajstić information content (AvgIpc) is 2.73. The fraction of sp³-hybridized carbons (Fsp3) is 0.222. The van der Waals surface area contributed by atoms with Gasteiger partial charge in [0.1, 0.15) is 15.7 Å². The summed E-state index contributed by atoms with van der Waals surface area (Å²) in [6, 6.07) is 6.22. The minimum atomic E-state index is -4.33. The van der Waals surface area contributed by atoms with E-state index in [1.807, 2.05) is 0 Å². The largest absolute Gasteiger partial charge is 0.504 e. The summed E-state index contributed by atoms with van der Waals surface area (Å²) in [7, 11) is -4.33. The van der Waals surface area contributed by atoms with Gasteiger partial charge in [-0.25, -0.2) is 17.8 Å². The molecule has 0 aromatic heterocycles. The molecule has 1 heterocycles. The molecule has 1 aliphatic rings. The molecule has 1 saturated heterocycles. The van der Waals surface area contributed by atoms with Gasteiger partial charge in [-0.05, 0) is 24.3 Å². The van der Waals surface area contributed by atoms with Crippen molar-refractivity contribution in [2.75, 3.05) is 31.1 Å². The van der Waals surface area contributed by atoms with Crippen LogP contribution in [0.4, 0.5) is 15.8 Å². The van der Waals surface area contributed by atoms with Gasteiger partial charge in [-0.1, -0.05) is 29.3 Å². The molecule has 0 spiro atoms. The van der Waals surface area contributed by atoms with Gasteiger partial charge in [0, 0.05) is 26.2 Å². The van der Waals surface area contributed by atoms with Crippen molar-refractivity contribution in [3.05, 3.63) is 46.2 Å². The predicted octanol–water partition coefficient (Wildman–Crippen LogP) is 1.87. The van der Waals surface area contributed by atoms with Crippen LogP contribution < -0.4 is 20.8 Å². The Morgan fingerprint density at radius 2 is 1.97 bits per heavy atom. The maximum absolute atomic E-state index is 14.1. The maximum atomic E-state index is 14.1. The van der Waals surface area contributed by atoms with Gasteiger partial charge in [-0.2, -0.15) is 5.26 Å². The molecule has 0 bridgehead atoms. The highest BCUT2D eigenvalue weighted by Crippen LogP contribution is 2.43. The third-order valence-corrected chi connectivity index (χ3v) is 6.75. The van der Waals surface area contributed by atoms with Crippen molar-refractivity contribution in [2.24, 2.45) is 10.7 Å². The van der Waals surface area contributed by atoms with Gasteiger partial charge in [0.2, 0.25) is 12.2 Å². The summed E-state index contributed by atoms with van der Waals surface area (Å²) in [5.41, 5.74) is 5.55. The van der Waals surface area contributed by atoms with E-state index in [4.69, 9.17) is 34.2 Å². The lowest BCUT2D eigenvalue weighted by Gasteiger charge is -2.29. The summed E-state index contributed by atoms with van der Waals surface area (Å²) >= 11 is 12.2. The number of hydrazine groups is 1. The van der Waals surface area contributed by atoms with Gasteiger partial charge in [0.25, 0.3) is 10.0 Å². The molecule has 0 atom stereocenters. The standard InChI is InChI=1S/C18H18Cl2FN7O3S/c19-11-4-5-14(16(29)17(11)32(30,31)26-27-8-6-24-7-9-27)28(18(23)25-10-22)13-3-1-2-12(21)15(13)20/h1-5,24,26,29H,6-9H2,(H2,23,25). The van der Waals surface area contributed by atoms with Crippen molar-refractivity contribution < 1.29 is 17.9 Å². The van der Waals surface area contributed by atoms with Crippen LogP contribution in [0.2, 0.25) is 10.0 Å². The van der Waals surface area contributed by atoms with Gasteiger partial charge >= 0.3 is 0 Å². The second-order valence-electron chi connectivity index (χ2n) is 6.55. The highest BCUT2D eigenvalue weighted by molar-refractivity contribution is 7.89. The molecule has 10 nitrogen and oxygen atoms in total. The normalized spacial score (nSPS) is 15.4. The Bertz CT molecular complexity index is 1200. The molecule has 5 N–H and O–H groups in total. The lowest BCUT2D eigenvalue weighted by atomic mass is 10.2. The van der Waals surface area contributed by atoms with E-state index in [0.717, 1.165) is 11.0 Å². The lowest BCUT2D eigenvalue weighted by Crippen LogP contribution is -2.52. The molecule has 32 heavy (non-hydrogen) atoms. The Morgan fingerprint density at radius 1 is 1.28 bits per heavy atom. The van der Waals surface area contributed by atoms with Gasteiger partial charge in [-0.15, -0.1) is 9.82 Å². The number of anilines is 2. The van der Waals surface area contributed by atoms with Gasteiger partial charge in [-0.3, -0.25) is 4.90 Å². The van der Waals surface area contributed by atoms with Gasteiger partial charge in [0.15, 0.2) is 5.75 Å². The van der Waals surface area contributed by atoms with Crippen molar-refractivity contribution in [1.82, 2.24) is 15.2 Å². The van der Waals surface area contributed by atoms with E-state index in [9.17, 15) is 17.9 Å². The monoisotopic (exact) mass is 501 g/mol.